The smallest absolute Gasteiger partial charge is 0.177 e. The lowest BCUT2D eigenvalue weighted by atomic mass is 9.84. The molecule has 1 aliphatic rings. The summed E-state index contributed by atoms with van der Waals surface area (Å²) in [6.45, 7) is 11.3. The molecule has 19 heavy (non-hydrogen) atoms. The van der Waals surface area contributed by atoms with Gasteiger partial charge in [0.1, 0.15) is 0 Å². The minimum atomic E-state index is 0.263. The van der Waals surface area contributed by atoms with Gasteiger partial charge >= 0.3 is 0 Å². The topological polar surface area (TPSA) is 20.3 Å². The maximum atomic E-state index is 12.5. The average Bonchev–Trinajstić information content (AvgIpc) is 2.31. The molecule has 0 unspecified atom stereocenters. The van der Waals surface area contributed by atoms with Gasteiger partial charge in [0.25, 0.3) is 0 Å². The maximum absolute atomic E-state index is 12.5. The molecule has 2 heteroatoms. The maximum Gasteiger partial charge on any atom is 0.177 e. The number of ketones is 1. The van der Waals surface area contributed by atoms with Crippen LogP contribution in [0.4, 0.5) is 0 Å². The number of aryl methyl sites for hydroxylation is 2. The molecule has 0 spiro atoms. The van der Waals surface area contributed by atoms with Gasteiger partial charge in [0.15, 0.2) is 5.78 Å². The van der Waals surface area contributed by atoms with Gasteiger partial charge in [-0.2, -0.15) is 0 Å². The van der Waals surface area contributed by atoms with E-state index in [0.29, 0.717) is 12.0 Å². The van der Waals surface area contributed by atoms with Crippen molar-refractivity contribution in [3.05, 3.63) is 34.9 Å². The van der Waals surface area contributed by atoms with Crippen molar-refractivity contribution in [1.29, 1.82) is 0 Å². The lowest BCUT2D eigenvalue weighted by Crippen LogP contribution is -2.42. The molecule has 1 fully saturated rings. The second-order valence-corrected chi connectivity index (χ2v) is 6.72. The third-order valence-electron chi connectivity index (χ3n) is 4.04. The van der Waals surface area contributed by atoms with E-state index in [2.05, 4.69) is 24.8 Å². The summed E-state index contributed by atoms with van der Waals surface area (Å²) in [5.41, 5.74) is 3.49. The van der Waals surface area contributed by atoms with Crippen LogP contribution in [0.2, 0.25) is 0 Å². The summed E-state index contributed by atoms with van der Waals surface area (Å²) in [5.74, 6) is 0.263. The molecule has 0 saturated carbocycles. The van der Waals surface area contributed by atoms with Crippen molar-refractivity contribution in [3.63, 3.8) is 0 Å². The molecule has 1 heterocycles. The van der Waals surface area contributed by atoms with Crippen LogP contribution in [-0.2, 0) is 0 Å². The van der Waals surface area contributed by atoms with Crippen LogP contribution >= 0.6 is 0 Å². The first kappa shape index (κ1) is 14.3. The largest absolute Gasteiger partial charge is 0.295 e. The predicted molar refractivity (Wildman–Crippen MR) is 79.7 cm³/mol. The van der Waals surface area contributed by atoms with E-state index in [4.69, 9.17) is 0 Å². The van der Waals surface area contributed by atoms with Gasteiger partial charge in [-0.05, 0) is 50.3 Å². The fourth-order valence-corrected chi connectivity index (χ4v) is 3.00. The Bertz CT molecular complexity index is 476. The highest BCUT2D eigenvalue weighted by Gasteiger charge is 2.27. The molecule has 2 rings (SSSR count). The zero-order valence-corrected chi connectivity index (χ0v) is 12.6. The highest BCUT2D eigenvalue weighted by molar-refractivity contribution is 5.99. The first-order chi connectivity index (χ1) is 8.87. The van der Waals surface area contributed by atoms with Crippen LogP contribution in [0.15, 0.2) is 18.2 Å². The van der Waals surface area contributed by atoms with E-state index in [0.717, 1.165) is 29.8 Å². The normalized spacial score (nSPS) is 19.4. The van der Waals surface area contributed by atoms with E-state index in [1.54, 1.807) is 0 Å². The molecule has 104 valence electrons. The number of nitrogens with zero attached hydrogens (tertiary/aromatic N) is 1. The fraction of sp³-hybridized carbons (Fsp3) is 0.588. The van der Waals surface area contributed by atoms with E-state index in [9.17, 15) is 4.79 Å². The van der Waals surface area contributed by atoms with E-state index >= 15 is 0 Å². The zero-order chi connectivity index (χ0) is 14.0. The van der Waals surface area contributed by atoms with Crippen molar-refractivity contribution in [2.75, 3.05) is 19.6 Å². The fourth-order valence-electron chi connectivity index (χ4n) is 3.00. The molecule has 1 aliphatic heterocycles. The summed E-state index contributed by atoms with van der Waals surface area (Å²) in [6.07, 6.45) is 2.47. The Morgan fingerprint density at radius 2 is 2.05 bits per heavy atom. The summed E-state index contributed by atoms with van der Waals surface area (Å²) in [7, 11) is 0. The number of hydrogen-bond donors (Lipinski definition) is 0. The quantitative estimate of drug-likeness (QED) is 0.773. The number of hydrogen-bond acceptors (Lipinski definition) is 2. The first-order valence-electron chi connectivity index (χ1n) is 7.20. The second kappa shape index (κ2) is 5.46. The van der Waals surface area contributed by atoms with Gasteiger partial charge in [0.05, 0.1) is 6.54 Å². The Morgan fingerprint density at radius 1 is 1.32 bits per heavy atom. The SMILES string of the molecule is Cc1ccc(C)c(C(=O)CN2CCCC(C)(C)C2)c1. The number of benzene rings is 1. The van der Waals surface area contributed by atoms with Crippen LogP contribution in [0, 0.1) is 19.3 Å². The van der Waals surface area contributed by atoms with Gasteiger partial charge in [0, 0.05) is 12.1 Å². The van der Waals surface area contributed by atoms with Gasteiger partial charge in [-0.25, -0.2) is 0 Å². The summed E-state index contributed by atoms with van der Waals surface area (Å²) >= 11 is 0. The first-order valence-corrected chi connectivity index (χ1v) is 7.20. The van der Waals surface area contributed by atoms with Gasteiger partial charge in [-0.15, -0.1) is 0 Å². The van der Waals surface area contributed by atoms with Crippen LogP contribution in [0.1, 0.15) is 48.2 Å². The Labute approximate surface area is 116 Å². The van der Waals surface area contributed by atoms with Crippen LogP contribution in [0.5, 0.6) is 0 Å². The van der Waals surface area contributed by atoms with Crippen molar-refractivity contribution in [2.24, 2.45) is 5.41 Å². The molecular formula is C17H25NO. The minimum absolute atomic E-state index is 0.263. The summed E-state index contributed by atoms with van der Waals surface area (Å²) in [6, 6.07) is 6.13. The Hall–Kier alpha value is -1.15. The molecule has 0 bridgehead atoms. The highest BCUT2D eigenvalue weighted by atomic mass is 16.1. The minimum Gasteiger partial charge on any atom is -0.295 e. The standard InChI is InChI=1S/C17H25NO/c1-13-6-7-14(2)15(10-13)16(19)11-18-9-5-8-17(3,4)12-18/h6-7,10H,5,8-9,11-12H2,1-4H3. The lowest BCUT2D eigenvalue weighted by Gasteiger charge is -2.37. The van der Waals surface area contributed by atoms with Crippen molar-refractivity contribution in [3.8, 4) is 0 Å². The molecular weight excluding hydrogens is 234 g/mol. The third-order valence-corrected chi connectivity index (χ3v) is 4.04. The Kier molecular flexibility index (Phi) is 4.10. The summed E-state index contributed by atoms with van der Waals surface area (Å²) in [5, 5.41) is 0. The van der Waals surface area contributed by atoms with E-state index in [1.807, 2.05) is 26.0 Å². The number of piperidine rings is 1. The number of rotatable bonds is 3. The molecule has 0 aromatic heterocycles. The van der Waals surface area contributed by atoms with E-state index in [-0.39, 0.29) is 5.78 Å². The number of Topliss-reactive ketones (excluding diaryl/α,β-unsaturated/α-hetero) is 1. The summed E-state index contributed by atoms with van der Waals surface area (Å²) in [4.78, 5) is 14.8. The molecule has 0 radical (unpaired) electrons. The molecule has 0 N–H and O–H groups in total. The number of carbonyl (C=O) groups excluding carboxylic acids is 1. The Balaban J connectivity index is 2.06. The van der Waals surface area contributed by atoms with Crippen molar-refractivity contribution < 1.29 is 4.79 Å². The van der Waals surface area contributed by atoms with E-state index in [1.165, 1.54) is 12.8 Å². The number of likely N-dealkylation sites (tertiary alicyclic amines) is 1. The molecule has 0 amide bonds. The van der Waals surface area contributed by atoms with Gasteiger partial charge < -0.3 is 0 Å². The van der Waals surface area contributed by atoms with Crippen LogP contribution in [0.3, 0.4) is 0 Å². The molecule has 1 aromatic carbocycles. The molecule has 0 atom stereocenters. The molecule has 1 saturated heterocycles. The molecule has 2 nitrogen and oxygen atoms in total. The van der Waals surface area contributed by atoms with Crippen molar-refractivity contribution in [1.82, 2.24) is 4.90 Å². The molecule has 0 aliphatic carbocycles. The van der Waals surface area contributed by atoms with Gasteiger partial charge in [0.2, 0.25) is 0 Å². The van der Waals surface area contributed by atoms with Crippen molar-refractivity contribution in [2.45, 2.75) is 40.5 Å². The summed E-state index contributed by atoms with van der Waals surface area (Å²) < 4.78 is 0. The highest BCUT2D eigenvalue weighted by Crippen LogP contribution is 2.28. The van der Waals surface area contributed by atoms with Gasteiger partial charge in [-0.3, -0.25) is 9.69 Å². The van der Waals surface area contributed by atoms with Gasteiger partial charge in [-0.1, -0.05) is 31.5 Å². The van der Waals surface area contributed by atoms with Crippen LogP contribution in [-0.4, -0.2) is 30.3 Å². The van der Waals surface area contributed by atoms with Crippen LogP contribution in [0.25, 0.3) is 0 Å². The zero-order valence-electron chi connectivity index (χ0n) is 12.6. The predicted octanol–water partition coefficient (Wildman–Crippen LogP) is 3.61. The average molecular weight is 259 g/mol. The second-order valence-electron chi connectivity index (χ2n) is 6.72. The monoisotopic (exact) mass is 259 g/mol. The molecule has 1 aromatic rings. The lowest BCUT2D eigenvalue weighted by molar-refractivity contribution is 0.0809. The third kappa shape index (κ3) is 3.66. The van der Waals surface area contributed by atoms with Crippen molar-refractivity contribution >= 4 is 5.78 Å². The number of carbonyl (C=O) groups is 1. The Morgan fingerprint density at radius 3 is 2.74 bits per heavy atom. The van der Waals surface area contributed by atoms with Crippen LogP contribution < -0.4 is 0 Å². The van der Waals surface area contributed by atoms with E-state index < -0.39 is 0 Å².